The average molecular weight is 471 g/mol. The van der Waals surface area contributed by atoms with Crippen LogP contribution in [0.1, 0.15) is 15.9 Å². The fourth-order valence-electron chi connectivity index (χ4n) is 1.19. The van der Waals surface area contributed by atoms with Crippen LogP contribution in [0.2, 0.25) is 0 Å². The minimum absolute atomic E-state index is 0.0170. The third-order valence-electron chi connectivity index (χ3n) is 2.16. The van der Waals surface area contributed by atoms with Gasteiger partial charge in [0.1, 0.15) is 13.2 Å². The van der Waals surface area contributed by atoms with Gasteiger partial charge in [0, 0.05) is 0 Å². The molecule has 7 heteroatoms. The minimum Gasteiger partial charge on any atom is -0.460 e. The highest BCUT2D eigenvalue weighted by atomic mass is 80.0. The molecule has 0 spiro atoms. The van der Waals surface area contributed by atoms with E-state index in [2.05, 4.69) is 54.4 Å². The molecule has 0 fully saturated rings. The van der Waals surface area contributed by atoms with E-state index in [-0.39, 0.29) is 13.2 Å². The van der Waals surface area contributed by atoms with Crippen LogP contribution in [-0.4, -0.2) is 27.3 Å². The molecular weight excluding hydrogens is 460 g/mol. The topological polar surface area (TPSA) is 52.6 Å². The molecule has 0 aliphatic rings. The summed E-state index contributed by atoms with van der Waals surface area (Å²) >= 11 is 9.05. The summed E-state index contributed by atoms with van der Waals surface area (Å²) in [5, 5.41) is 0. The number of carbonyl (C=O) groups excluding carboxylic acids is 2. The number of esters is 2. The fourth-order valence-corrected chi connectivity index (χ4v) is 1.53. The van der Waals surface area contributed by atoms with Crippen LogP contribution in [-0.2, 0) is 14.3 Å². The molecule has 0 aliphatic heterocycles. The summed E-state index contributed by atoms with van der Waals surface area (Å²) in [5.74, 6) is -1.04. The first-order chi connectivity index (χ1) is 9.34. The Kier molecular flexibility index (Phi) is 6.91. The predicted molar refractivity (Wildman–Crippen MR) is 87.3 cm³/mol. The molecule has 0 atom stereocenters. The summed E-state index contributed by atoms with van der Waals surface area (Å²) in [5.41, 5.74) is 1.34. The lowest BCUT2D eigenvalue weighted by Gasteiger charge is -2.11. The van der Waals surface area contributed by atoms with E-state index < -0.39 is 14.1 Å². The van der Waals surface area contributed by atoms with E-state index >= 15 is 0 Å². The van der Waals surface area contributed by atoms with E-state index in [0.717, 1.165) is 5.56 Å². The highest BCUT2D eigenvalue weighted by molar-refractivity contribution is 9.40. The first-order valence-corrected chi connectivity index (χ1v) is 7.86. The largest absolute Gasteiger partial charge is 0.460 e. The Morgan fingerprint density at radius 3 is 2.15 bits per heavy atom. The van der Waals surface area contributed by atoms with Crippen molar-refractivity contribution in [3.63, 3.8) is 0 Å². The van der Waals surface area contributed by atoms with Gasteiger partial charge in [-0.25, -0.2) is 9.59 Å². The number of ether oxygens (including phenoxy) is 2. The quantitative estimate of drug-likeness (QED) is 0.372. The second-order valence-corrected chi connectivity index (χ2v) is 10.4. The molecule has 0 unspecified atom stereocenters. The van der Waals surface area contributed by atoms with Gasteiger partial charge in [-0.15, -0.1) is 0 Å². The highest BCUT2D eigenvalue weighted by Gasteiger charge is 2.30. The number of rotatable bonds is 5. The van der Waals surface area contributed by atoms with Gasteiger partial charge in [0.15, 0.2) is 0 Å². The molecule has 0 aliphatic carbocycles. The number of carbonyl (C=O) groups is 2. The lowest BCUT2D eigenvalue weighted by atomic mass is 10.1. The third-order valence-corrected chi connectivity index (χ3v) is 3.13. The third kappa shape index (κ3) is 5.76. The zero-order valence-corrected chi connectivity index (χ0v) is 15.0. The van der Waals surface area contributed by atoms with Gasteiger partial charge in [0.25, 0.3) is 0 Å². The van der Waals surface area contributed by atoms with Crippen LogP contribution >= 0.6 is 47.8 Å². The molecule has 0 N–H and O–H groups in total. The number of alkyl halides is 3. The smallest absolute Gasteiger partial charge is 0.345 e. The second kappa shape index (κ2) is 7.95. The number of halogens is 3. The average Bonchev–Trinajstić information content (AvgIpc) is 2.42. The second-order valence-electron chi connectivity index (χ2n) is 3.60. The normalized spacial score (nSPS) is 10.8. The van der Waals surface area contributed by atoms with Gasteiger partial charge in [0.05, 0.1) is 5.56 Å². The van der Waals surface area contributed by atoms with Crippen LogP contribution in [0, 0.1) is 0 Å². The zero-order chi connectivity index (χ0) is 15.2. The van der Waals surface area contributed by atoms with Crippen molar-refractivity contribution in [2.75, 3.05) is 13.2 Å². The zero-order valence-electron chi connectivity index (χ0n) is 10.3. The van der Waals surface area contributed by atoms with E-state index in [0.29, 0.717) is 5.56 Å². The number of hydrogen-bond donors (Lipinski definition) is 0. The van der Waals surface area contributed by atoms with Gasteiger partial charge in [0.2, 0.25) is 2.14 Å². The Balaban J connectivity index is 2.36. The van der Waals surface area contributed by atoms with Crippen molar-refractivity contribution in [3.8, 4) is 0 Å². The van der Waals surface area contributed by atoms with Gasteiger partial charge < -0.3 is 9.47 Å². The Morgan fingerprint density at radius 2 is 1.65 bits per heavy atom. The van der Waals surface area contributed by atoms with Crippen molar-refractivity contribution in [2.24, 2.45) is 0 Å². The Bertz CT molecular complexity index is 491. The molecule has 4 nitrogen and oxygen atoms in total. The molecule has 0 amide bonds. The first-order valence-electron chi connectivity index (χ1n) is 5.48. The Labute approximate surface area is 141 Å². The van der Waals surface area contributed by atoms with E-state index in [1.165, 1.54) is 0 Å². The summed E-state index contributed by atoms with van der Waals surface area (Å²) in [6.07, 6.45) is 1.68. The SMILES string of the molecule is C=Cc1ccc(C(=O)OCCOC(=O)C(Br)(Br)Br)cc1. The molecule has 0 heterocycles. The molecule has 1 rings (SSSR count). The summed E-state index contributed by atoms with van der Waals surface area (Å²) < 4.78 is 8.72. The van der Waals surface area contributed by atoms with Gasteiger partial charge in [-0.3, -0.25) is 0 Å². The predicted octanol–water partition coefficient (Wildman–Crippen LogP) is 3.87. The molecule has 20 heavy (non-hydrogen) atoms. The van der Waals surface area contributed by atoms with Crippen LogP contribution in [0.4, 0.5) is 0 Å². The number of benzene rings is 1. The van der Waals surface area contributed by atoms with Crippen molar-refractivity contribution < 1.29 is 19.1 Å². The Morgan fingerprint density at radius 1 is 1.10 bits per heavy atom. The van der Waals surface area contributed by atoms with E-state index in [1.807, 2.05) is 0 Å². The standard InChI is InChI=1S/C13H11Br3O4/c1-2-9-3-5-10(6-4-9)11(17)19-7-8-20-12(18)13(14,15)16/h2-6H,1,7-8H2. The van der Waals surface area contributed by atoms with Crippen LogP contribution < -0.4 is 0 Å². The van der Waals surface area contributed by atoms with Crippen molar-refractivity contribution in [3.05, 3.63) is 42.0 Å². The highest BCUT2D eigenvalue weighted by Crippen LogP contribution is 2.34. The molecule has 0 aromatic heterocycles. The summed E-state index contributed by atoms with van der Waals surface area (Å²) in [6.45, 7) is 3.58. The van der Waals surface area contributed by atoms with E-state index in [1.54, 1.807) is 30.3 Å². The lowest BCUT2D eigenvalue weighted by Crippen LogP contribution is -2.22. The van der Waals surface area contributed by atoms with Gasteiger partial charge in [-0.2, -0.15) is 0 Å². The monoisotopic (exact) mass is 468 g/mol. The molecule has 0 saturated carbocycles. The molecule has 0 bridgehead atoms. The molecule has 1 aromatic rings. The fraction of sp³-hybridized carbons (Fsp3) is 0.231. The van der Waals surface area contributed by atoms with Crippen molar-refractivity contribution >= 4 is 65.8 Å². The minimum atomic E-state index is -1.11. The molecule has 0 saturated heterocycles. The molecular formula is C13H11Br3O4. The van der Waals surface area contributed by atoms with E-state index in [4.69, 9.17) is 9.47 Å². The maximum Gasteiger partial charge on any atom is 0.345 e. The van der Waals surface area contributed by atoms with Crippen LogP contribution in [0.5, 0.6) is 0 Å². The Hall–Kier alpha value is -0.660. The van der Waals surface area contributed by atoms with Gasteiger partial charge >= 0.3 is 11.9 Å². The maximum absolute atomic E-state index is 11.7. The van der Waals surface area contributed by atoms with Gasteiger partial charge in [-0.05, 0) is 65.5 Å². The summed E-state index contributed by atoms with van der Waals surface area (Å²) in [6, 6.07) is 6.81. The van der Waals surface area contributed by atoms with Crippen LogP contribution in [0.15, 0.2) is 30.8 Å². The van der Waals surface area contributed by atoms with Gasteiger partial charge in [-0.1, -0.05) is 24.8 Å². The number of hydrogen-bond acceptors (Lipinski definition) is 4. The van der Waals surface area contributed by atoms with Crippen molar-refractivity contribution in [2.45, 2.75) is 2.14 Å². The summed E-state index contributed by atoms with van der Waals surface area (Å²) in [4.78, 5) is 23.0. The summed E-state index contributed by atoms with van der Waals surface area (Å²) in [7, 11) is 0. The van der Waals surface area contributed by atoms with Crippen molar-refractivity contribution in [1.82, 2.24) is 0 Å². The molecule has 0 radical (unpaired) electrons. The van der Waals surface area contributed by atoms with E-state index in [9.17, 15) is 9.59 Å². The molecule has 108 valence electrons. The van der Waals surface area contributed by atoms with Crippen molar-refractivity contribution in [1.29, 1.82) is 0 Å². The van der Waals surface area contributed by atoms with Crippen LogP contribution in [0.25, 0.3) is 6.08 Å². The maximum atomic E-state index is 11.7. The lowest BCUT2D eigenvalue weighted by molar-refractivity contribution is -0.142. The van der Waals surface area contributed by atoms with Crippen LogP contribution in [0.3, 0.4) is 0 Å². The molecule has 1 aromatic carbocycles. The first kappa shape index (κ1) is 17.4.